The van der Waals surface area contributed by atoms with Crippen molar-refractivity contribution in [1.29, 1.82) is 0 Å². The van der Waals surface area contributed by atoms with Crippen molar-refractivity contribution in [2.75, 3.05) is 45.8 Å². The number of primary amides is 1. The van der Waals surface area contributed by atoms with E-state index in [9.17, 15) is 4.79 Å². The van der Waals surface area contributed by atoms with E-state index in [1.807, 2.05) is 0 Å². The fraction of sp³-hybridized carbons (Fsp3) is 0.667. The van der Waals surface area contributed by atoms with Gasteiger partial charge in [0.25, 0.3) is 0 Å². The van der Waals surface area contributed by atoms with Crippen LogP contribution in [0.2, 0.25) is 0 Å². The Hall–Kier alpha value is -2.12. The zero-order valence-corrected chi connectivity index (χ0v) is 19.1. The van der Waals surface area contributed by atoms with Crippen LogP contribution in [0.15, 0.2) is 29.3 Å². The Morgan fingerprint density at radius 1 is 1.10 bits per heavy atom. The van der Waals surface area contributed by atoms with Crippen LogP contribution in [-0.4, -0.2) is 67.5 Å². The van der Waals surface area contributed by atoms with Gasteiger partial charge in [0.15, 0.2) is 5.96 Å². The Morgan fingerprint density at radius 2 is 1.87 bits per heavy atom. The monoisotopic (exact) mass is 428 g/mol. The molecule has 172 valence electrons. The maximum atomic E-state index is 11.5. The van der Waals surface area contributed by atoms with Gasteiger partial charge < -0.3 is 21.3 Å². The van der Waals surface area contributed by atoms with Crippen LogP contribution in [0.4, 0.5) is 0 Å². The minimum atomic E-state index is -0.170. The fourth-order valence-corrected chi connectivity index (χ4v) is 4.54. The lowest BCUT2D eigenvalue weighted by atomic mass is 9.97. The number of piperidine rings is 2. The number of benzene rings is 1. The van der Waals surface area contributed by atoms with Crippen LogP contribution in [0.1, 0.15) is 50.2 Å². The van der Waals surface area contributed by atoms with Gasteiger partial charge in [0, 0.05) is 32.7 Å². The SMILES string of the molecule is CCNC(=NCc1cccc(CN2CCCC(C(N)=O)C2)c1)NCCN1CCCCC1. The first-order chi connectivity index (χ1) is 15.1. The molecule has 0 saturated carbocycles. The van der Waals surface area contributed by atoms with Crippen molar-refractivity contribution in [3.05, 3.63) is 35.4 Å². The number of amides is 1. The van der Waals surface area contributed by atoms with Crippen molar-refractivity contribution in [2.45, 2.75) is 52.1 Å². The maximum absolute atomic E-state index is 11.5. The number of hydrogen-bond donors (Lipinski definition) is 3. The van der Waals surface area contributed by atoms with E-state index < -0.39 is 0 Å². The second-order valence-corrected chi connectivity index (χ2v) is 8.82. The first-order valence-corrected chi connectivity index (χ1v) is 12.0. The van der Waals surface area contributed by atoms with E-state index >= 15 is 0 Å². The molecule has 0 bridgehead atoms. The number of guanidine groups is 1. The molecule has 4 N–H and O–H groups in total. The molecule has 0 aliphatic carbocycles. The second-order valence-electron chi connectivity index (χ2n) is 8.82. The van der Waals surface area contributed by atoms with Crippen molar-refractivity contribution in [3.8, 4) is 0 Å². The highest BCUT2D eigenvalue weighted by molar-refractivity contribution is 5.79. The third-order valence-corrected chi connectivity index (χ3v) is 6.24. The molecule has 7 nitrogen and oxygen atoms in total. The highest BCUT2D eigenvalue weighted by Crippen LogP contribution is 2.19. The molecule has 31 heavy (non-hydrogen) atoms. The van der Waals surface area contributed by atoms with Gasteiger partial charge in [-0.1, -0.05) is 30.7 Å². The van der Waals surface area contributed by atoms with Crippen LogP contribution in [0.5, 0.6) is 0 Å². The zero-order chi connectivity index (χ0) is 21.9. The topological polar surface area (TPSA) is 86.0 Å². The molecule has 3 rings (SSSR count). The minimum absolute atomic E-state index is 0.0137. The lowest BCUT2D eigenvalue weighted by Gasteiger charge is -2.31. The van der Waals surface area contributed by atoms with E-state index in [1.165, 1.54) is 43.5 Å². The molecule has 2 heterocycles. The van der Waals surface area contributed by atoms with Crippen molar-refractivity contribution in [3.63, 3.8) is 0 Å². The standard InChI is InChI=1S/C24H40N6O/c1-2-26-24(27-11-15-29-12-4-3-5-13-29)28-17-20-8-6-9-21(16-20)18-30-14-7-10-22(19-30)23(25)31/h6,8-9,16,22H,2-5,7,10-15,17-19H2,1H3,(H2,25,31)(H2,26,27,28). The Labute approximate surface area is 187 Å². The number of likely N-dealkylation sites (tertiary alicyclic amines) is 2. The molecule has 1 aromatic carbocycles. The second kappa shape index (κ2) is 12.7. The number of nitrogens with zero attached hydrogens (tertiary/aromatic N) is 3. The first-order valence-electron chi connectivity index (χ1n) is 12.0. The molecule has 2 saturated heterocycles. The van der Waals surface area contributed by atoms with Crippen molar-refractivity contribution in [2.24, 2.45) is 16.6 Å². The quantitative estimate of drug-likeness (QED) is 0.413. The Kier molecular flexibility index (Phi) is 9.62. The molecular formula is C24H40N6O. The number of hydrogen-bond acceptors (Lipinski definition) is 4. The van der Waals surface area contributed by atoms with Crippen LogP contribution in [-0.2, 0) is 17.9 Å². The van der Waals surface area contributed by atoms with E-state index in [1.54, 1.807) is 0 Å². The number of carbonyl (C=O) groups excluding carboxylic acids is 1. The first kappa shape index (κ1) is 23.5. The van der Waals surface area contributed by atoms with Gasteiger partial charge in [-0.05, 0) is 63.4 Å². The van der Waals surface area contributed by atoms with Gasteiger partial charge in [0.2, 0.25) is 5.91 Å². The average Bonchev–Trinajstić information content (AvgIpc) is 2.78. The van der Waals surface area contributed by atoms with Crippen LogP contribution < -0.4 is 16.4 Å². The molecule has 1 amide bonds. The Balaban J connectivity index is 1.50. The van der Waals surface area contributed by atoms with E-state index in [-0.39, 0.29) is 11.8 Å². The van der Waals surface area contributed by atoms with E-state index in [0.29, 0.717) is 6.54 Å². The van der Waals surface area contributed by atoms with Gasteiger partial charge in [0.1, 0.15) is 0 Å². The zero-order valence-electron chi connectivity index (χ0n) is 19.1. The number of rotatable bonds is 9. The summed E-state index contributed by atoms with van der Waals surface area (Å²) in [7, 11) is 0. The molecule has 1 atom stereocenters. The van der Waals surface area contributed by atoms with Crippen LogP contribution in [0.3, 0.4) is 0 Å². The number of nitrogens with one attached hydrogen (secondary N) is 2. The minimum Gasteiger partial charge on any atom is -0.369 e. The van der Waals surface area contributed by atoms with Crippen LogP contribution >= 0.6 is 0 Å². The molecule has 1 unspecified atom stereocenters. The molecule has 0 spiro atoms. The Bertz CT molecular complexity index is 716. The normalized spacial score (nSPS) is 21.1. The van der Waals surface area contributed by atoms with E-state index in [4.69, 9.17) is 10.7 Å². The molecule has 2 aliphatic heterocycles. The maximum Gasteiger partial charge on any atom is 0.221 e. The number of aliphatic imine (C=N–C) groups is 1. The van der Waals surface area contributed by atoms with Crippen molar-refractivity contribution in [1.82, 2.24) is 20.4 Å². The Morgan fingerprint density at radius 3 is 2.65 bits per heavy atom. The summed E-state index contributed by atoms with van der Waals surface area (Å²) in [5.74, 6) is 0.696. The largest absolute Gasteiger partial charge is 0.369 e. The predicted octanol–water partition coefficient (Wildman–Crippen LogP) is 1.92. The summed E-state index contributed by atoms with van der Waals surface area (Å²) in [6.07, 6.45) is 5.97. The van der Waals surface area contributed by atoms with Crippen LogP contribution in [0, 0.1) is 5.92 Å². The third kappa shape index (κ3) is 8.15. The van der Waals surface area contributed by atoms with Gasteiger partial charge in [-0.2, -0.15) is 0 Å². The summed E-state index contributed by atoms with van der Waals surface area (Å²) in [6.45, 7) is 10.7. The van der Waals surface area contributed by atoms with Crippen molar-refractivity contribution < 1.29 is 4.79 Å². The lowest BCUT2D eigenvalue weighted by Crippen LogP contribution is -2.42. The van der Waals surface area contributed by atoms with E-state index in [2.05, 4.69) is 51.6 Å². The summed E-state index contributed by atoms with van der Waals surface area (Å²) in [4.78, 5) is 21.2. The van der Waals surface area contributed by atoms with Gasteiger partial charge in [-0.25, -0.2) is 4.99 Å². The fourth-order valence-electron chi connectivity index (χ4n) is 4.54. The molecule has 1 aromatic rings. The summed E-state index contributed by atoms with van der Waals surface area (Å²) in [5.41, 5.74) is 7.99. The summed E-state index contributed by atoms with van der Waals surface area (Å²) >= 11 is 0. The average molecular weight is 429 g/mol. The summed E-state index contributed by atoms with van der Waals surface area (Å²) < 4.78 is 0. The molecule has 2 aliphatic rings. The van der Waals surface area contributed by atoms with Gasteiger partial charge in [0.05, 0.1) is 12.5 Å². The smallest absolute Gasteiger partial charge is 0.221 e. The van der Waals surface area contributed by atoms with Crippen molar-refractivity contribution >= 4 is 11.9 Å². The van der Waals surface area contributed by atoms with Gasteiger partial charge in [-0.3, -0.25) is 9.69 Å². The van der Waals surface area contributed by atoms with Gasteiger partial charge >= 0.3 is 0 Å². The molecule has 0 aromatic heterocycles. The number of nitrogens with two attached hydrogens (primary N) is 1. The molecule has 0 radical (unpaired) electrons. The molecule has 2 fully saturated rings. The summed E-state index contributed by atoms with van der Waals surface area (Å²) in [5, 5.41) is 6.83. The molecule has 7 heteroatoms. The number of carbonyl (C=O) groups is 1. The molecular weight excluding hydrogens is 388 g/mol. The lowest BCUT2D eigenvalue weighted by molar-refractivity contribution is -0.123. The van der Waals surface area contributed by atoms with Gasteiger partial charge in [-0.15, -0.1) is 0 Å². The highest BCUT2D eigenvalue weighted by Gasteiger charge is 2.23. The van der Waals surface area contributed by atoms with Crippen LogP contribution in [0.25, 0.3) is 0 Å². The summed E-state index contributed by atoms with van der Waals surface area (Å²) in [6, 6.07) is 8.62. The third-order valence-electron chi connectivity index (χ3n) is 6.24. The highest BCUT2D eigenvalue weighted by atomic mass is 16.1. The van der Waals surface area contributed by atoms with E-state index in [0.717, 1.165) is 58.1 Å². The predicted molar refractivity (Wildman–Crippen MR) is 127 cm³/mol.